The molecule has 4 rings (SSSR count). The maximum Gasteiger partial charge on any atom is 0.225 e. The molecule has 2 aliphatic carbocycles. The van der Waals surface area contributed by atoms with E-state index in [9.17, 15) is 9.90 Å². The second kappa shape index (κ2) is 4.25. The van der Waals surface area contributed by atoms with E-state index < -0.39 is 0 Å². The van der Waals surface area contributed by atoms with Crippen molar-refractivity contribution in [2.75, 3.05) is 6.54 Å². The van der Waals surface area contributed by atoms with E-state index in [4.69, 9.17) is 0 Å². The molecule has 112 valence electrons. The van der Waals surface area contributed by atoms with Gasteiger partial charge in [-0.2, -0.15) is 0 Å². The molecule has 2 fully saturated rings. The van der Waals surface area contributed by atoms with Crippen LogP contribution in [0.25, 0.3) is 0 Å². The van der Waals surface area contributed by atoms with Crippen molar-refractivity contribution < 1.29 is 9.90 Å². The number of hydrogen-bond donors (Lipinski definition) is 1. The first-order valence-electron chi connectivity index (χ1n) is 8.13. The van der Waals surface area contributed by atoms with Gasteiger partial charge in [0.05, 0.1) is 0 Å². The average molecular weight is 285 g/mol. The van der Waals surface area contributed by atoms with E-state index in [0.717, 1.165) is 32.2 Å². The molecule has 3 heteroatoms. The molecule has 1 aromatic carbocycles. The monoisotopic (exact) mass is 285 g/mol. The molecule has 1 amide bonds. The summed E-state index contributed by atoms with van der Waals surface area (Å²) in [4.78, 5) is 14.7. The number of rotatable bonds is 1. The topological polar surface area (TPSA) is 40.5 Å². The van der Waals surface area contributed by atoms with Crippen molar-refractivity contribution in [2.45, 2.75) is 51.0 Å². The number of piperidine rings is 1. The summed E-state index contributed by atoms with van der Waals surface area (Å²) in [6.07, 6.45) is 4.10. The van der Waals surface area contributed by atoms with Crippen LogP contribution in [0.4, 0.5) is 0 Å². The standard InChI is InChI=1S/C18H23NO2/c1-11-16-9-13-5-6-14(20)10-15(13)18(11,2)7-8-19(16)17(21)12-3-4-12/h5-6,10-12,16,20H,3-4,7-9H2,1-2H3/t11-,16-,18+/m0/s1. The molecule has 1 heterocycles. The fraction of sp³-hybridized carbons (Fsp3) is 0.611. The summed E-state index contributed by atoms with van der Waals surface area (Å²) >= 11 is 0. The van der Waals surface area contributed by atoms with Crippen LogP contribution >= 0.6 is 0 Å². The van der Waals surface area contributed by atoms with E-state index in [1.54, 1.807) is 6.07 Å². The Hall–Kier alpha value is -1.51. The highest BCUT2D eigenvalue weighted by atomic mass is 16.3. The summed E-state index contributed by atoms with van der Waals surface area (Å²) in [5, 5.41) is 9.84. The molecule has 0 unspecified atom stereocenters. The normalized spacial score (nSPS) is 34.5. The van der Waals surface area contributed by atoms with Crippen LogP contribution in [0.1, 0.15) is 44.2 Å². The van der Waals surface area contributed by atoms with Crippen molar-refractivity contribution >= 4 is 5.91 Å². The van der Waals surface area contributed by atoms with E-state index in [2.05, 4.69) is 18.7 Å². The number of nitrogens with zero attached hydrogens (tertiary/aromatic N) is 1. The van der Waals surface area contributed by atoms with Gasteiger partial charge in [0.1, 0.15) is 5.75 Å². The Morgan fingerprint density at radius 3 is 2.86 bits per heavy atom. The Bertz CT molecular complexity index is 607. The minimum Gasteiger partial charge on any atom is -0.508 e. The van der Waals surface area contributed by atoms with Gasteiger partial charge in [-0.15, -0.1) is 0 Å². The van der Waals surface area contributed by atoms with Crippen molar-refractivity contribution in [1.29, 1.82) is 0 Å². The van der Waals surface area contributed by atoms with Crippen LogP contribution in [0.5, 0.6) is 5.75 Å². The third-order valence-corrected chi connectivity index (χ3v) is 6.20. The SMILES string of the molecule is C[C@H]1[C@@H]2Cc3ccc(O)cc3[C@]1(C)CCN2C(=O)C1CC1. The number of benzene rings is 1. The molecule has 3 atom stereocenters. The van der Waals surface area contributed by atoms with Crippen molar-refractivity contribution in [2.24, 2.45) is 11.8 Å². The zero-order valence-corrected chi connectivity index (χ0v) is 12.8. The highest BCUT2D eigenvalue weighted by molar-refractivity contribution is 5.81. The van der Waals surface area contributed by atoms with Gasteiger partial charge in [-0.1, -0.05) is 19.9 Å². The van der Waals surface area contributed by atoms with E-state index in [1.807, 2.05) is 12.1 Å². The molecule has 2 bridgehead atoms. The predicted molar refractivity (Wildman–Crippen MR) is 81.2 cm³/mol. The summed E-state index contributed by atoms with van der Waals surface area (Å²) in [5.74, 6) is 1.50. The third-order valence-electron chi connectivity index (χ3n) is 6.20. The van der Waals surface area contributed by atoms with Gasteiger partial charge in [-0.25, -0.2) is 0 Å². The highest BCUT2D eigenvalue weighted by Crippen LogP contribution is 2.50. The molecule has 1 saturated carbocycles. The van der Waals surface area contributed by atoms with E-state index >= 15 is 0 Å². The van der Waals surface area contributed by atoms with Crippen molar-refractivity contribution in [3.05, 3.63) is 29.3 Å². The summed E-state index contributed by atoms with van der Waals surface area (Å²) in [5.41, 5.74) is 2.69. The van der Waals surface area contributed by atoms with Gasteiger partial charge in [0.15, 0.2) is 0 Å². The van der Waals surface area contributed by atoms with Crippen LogP contribution in [0.2, 0.25) is 0 Å². The second-order valence-corrected chi connectivity index (χ2v) is 7.37. The number of fused-ring (bicyclic) bond motifs is 4. The molecule has 1 N–H and O–H groups in total. The molecule has 0 spiro atoms. The molecule has 0 aromatic heterocycles. The van der Waals surface area contributed by atoms with Gasteiger partial charge < -0.3 is 10.0 Å². The number of phenols is 1. The zero-order valence-electron chi connectivity index (χ0n) is 12.8. The van der Waals surface area contributed by atoms with Crippen molar-refractivity contribution in [1.82, 2.24) is 4.90 Å². The van der Waals surface area contributed by atoms with Crippen LogP contribution in [0, 0.1) is 11.8 Å². The summed E-state index contributed by atoms with van der Waals surface area (Å²) in [6, 6.07) is 6.10. The summed E-state index contributed by atoms with van der Waals surface area (Å²) in [7, 11) is 0. The summed E-state index contributed by atoms with van der Waals surface area (Å²) < 4.78 is 0. The lowest BCUT2D eigenvalue weighted by Crippen LogP contribution is -2.59. The van der Waals surface area contributed by atoms with Crippen LogP contribution in [-0.2, 0) is 16.6 Å². The number of hydrogen-bond acceptors (Lipinski definition) is 2. The van der Waals surface area contributed by atoms with E-state index in [0.29, 0.717) is 29.5 Å². The van der Waals surface area contributed by atoms with Crippen molar-refractivity contribution in [3.8, 4) is 5.75 Å². The lowest BCUT2D eigenvalue weighted by molar-refractivity contribution is -0.140. The van der Waals surface area contributed by atoms with E-state index in [1.165, 1.54) is 11.1 Å². The Labute approximate surface area is 126 Å². The molecule has 1 aliphatic heterocycles. The predicted octanol–water partition coefficient (Wildman–Crippen LogP) is 2.85. The first-order valence-corrected chi connectivity index (χ1v) is 8.13. The van der Waals surface area contributed by atoms with Crippen LogP contribution in [0.15, 0.2) is 18.2 Å². The highest BCUT2D eigenvalue weighted by Gasteiger charge is 2.51. The van der Waals surface area contributed by atoms with Crippen LogP contribution < -0.4 is 0 Å². The van der Waals surface area contributed by atoms with Gasteiger partial charge >= 0.3 is 0 Å². The van der Waals surface area contributed by atoms with Crippen LogP contribution in [-0.4, -0.2) is 28.5 Å². The van der Waals surface area contributed by atoms with Crippen molar-refractivity contribution in [3.63, 3.8) is 0 Å². The number of amides is 1. The smallest absolute Gasteiger partial charge is 0.225 e. The molecule has 0 radical (unpaired) electrons. The maximum atomic E-state index is 12.6. The molecule has 3 aliphatic rings. The Balaban J connectivity index is 1.75. The lowest BCUT2D eigenvalue weighted by atomic mass is 9.59. The minimum atomic E-state index is 0.0807. The number of phenolic OH excluding ortho intramolecular Hbond substituents is 1. The van der Waals surface area contributed by atoms with E-state index in [-0.39, 0.29) is 5.41 Å². The number of carbonyl (C=O) groups is 1. The lowest BCUT2D eigenvalue weighted by Gasteiger charge is -2.54. The molecule has 21 heavy (non-hydrogen) atoms. The first kappa shape index (κ1) is 13.2. The Morgan fingerprint density at radius 1 is 1.38 bits per heavy atom. The van der Waals surface area contributed by atoms with Crippen LogP contribution in [0.3, 0.4) is 0 Å². The van der Waals surface area contributed by atoms with Gasteiger partial charge in [-0.05, 0) is 60.3 Å². The molecular weight excluding hydrogens is 262 g/mol. The fourth-order valence-corrected chi connectivity index (χ4v) is 4.45. The quantitative estimate of drug-likeness (QED) is 0.862. The van der Waals surface area contributed by atoms with Gasteiger partial charge in [0, 0.05) is 18.5 Å². The van der Waals surface area contributed by atoms with Gasteiger partial charge in [-0.3, -0.25) is 4.79 Å². The van der Waals surface area contributed by atoms with Gasteiger partial charge in [0.25, 0.3) is 0 Å². The third kappa shape index (κ3) is 1.82. The molecule has 1 saturated heterocycles. The molecular formula is C18H23NO2. The molecule has 1 aromatic rings. The molecule has 3 nitrogen and oxygen atoms in total. The Kier molecular flexibility index (Phi) is 2.66. The average Bonchev–Trinajstić information content (AvgIpc) is 3.28. The largest absolute Gasteiger partial charge is 0.508 e. The number of aromatic hydroxyl groups is 1. The Morgan fingerprint density at radius 2 is 2.14 bits per heavy atom. The zero-order chi connectivity index (χ0) is 14.8. The first-order chi connectivity index (χ1) is 10.0. The fourth-order valence-electron chi connectivity index (χ4n) is 4.45. The summed E-state index contributed by atoms with van der Waals surface area (Å²) in [6.45, 7) is 5.46. The number of likely N-dealkylation sites (tertiary alicyclic amines) is 1. The van der Waals surface area contributed by atoms with Gasteiger partial charge in [0.2, 0.25) is 5.91 Å². The maximum absolute atomic E-state index is 12.6. The number of carbonyl (C=O) groups excluding carboxylic acids is 1. The minimum absolute atomic E-state index is 0.0807. The second-order valence-electron chi connectivity index (χ2n) is 7.37.